The lowest BCUT2D eigenvalue weighted by atomic mass is 10.1. The fraction of sp³-hybridized carbons (Fsp3) is 0.0625. The molecule has 10 heteroatoms. The lowest BCUT2D eigenvalue weighted by Gasteiger charge is -2.07. The molecule has 0 radical (unpaired) electrons. The Bertz CT molecular complexity index is 1070. The maximum Gasteiger partial charge on any atom is 0.265 e. The average Bonchev–Trinajstić information content (AvgIpc) is 3.04. The van der Waals surface area contributed by atoms with E-state index in [0.717, 1.165) is 11.3 Å². The zero-order valence-corrected chi connectivity index (χ0v) is 16.3. The molecule has 3 rings (SSSR count). The summed E-state index contributed by atoms with van der Waals surface area (Å²) >= 11 is 12.9. The SMILES string of the molecule is COc1ccc(-c2csc(NS(=O)(=O)c3cccc(Cl)c3Cl)n2)cc1F. The number of nitrogens with one attached hydrogen (secondary N) is 1. The van der Waals surface area contributed by atoms with Crippen LogP contribution in [-0.2, 0) is 10.0 Å². The van der Waals surface area contributed by atoms with Crippen LogP contribution in [-0.4, -0.2) is 20.5 Å². The fourth-order valence-corrected chi connectivity index (χ4v) is 4.88. The van der Waals surface area contributed by atoms with Gasteiger partial charge in [-0.15, -0.1) is 11.3 Å². The topological polar surface area (TPSA) is 68.3 Å². The predicted octanol–water partition coefficient (Wildman–Crippen LogP) is 5.07. The van der Waals surface area contributed by atoms with Crippen molar-refractivity contribution in [1.29, 1.82) is 0 Å². The molecule has 0 atom stereocenters. The second-order valence-corrected chi connectivity index (χ2v) is 8.34. The molecule has 3 aromatic rings. The molecule has 5 nitrogen and oxygen atoms in total. The van der Waals surface area contributed by atoms with Crippen LogP contribution in [0.5, 0.6) is 5.75 Å². The highest BCUT2D eigenvalue weighted by atomic mass is 35.5. The summed E-state index contributed by atoms with van der Waals surface area (Å²) in [5, 5.41) is 1.78. The molecule has 0 aliphatic rings. The maximum absolute atomic E-state index is 13.8. The summed E-state index contributed by atoms with van der Waals surface area (Å²) < 4.78 is 46.0. The molecule has 0 saturated heterocycles. The fourth-order valence-electron chi connectivity index (χ4n) is 2.14. The Morgan fingerprint density at radius 3 is 2.69 bits per heavy atom. The van der Waals surface area contributed by atoms with Gasteiger partial charge in [0, 0.05) is 10.9 Å². The van der Waals surface area contributed by atoms with Crippen molar-refractivity contribution >= 4 is 49.7 Å². The lowest BCUT2D eigenvalue weighted by molar-refractivity contribution is 0.386. The average molecular weight is 433 g/mol. The molecule has 0 aliphatic carbocycles. The Labute approximate surface area is 163 Å². The Morgan fingerprint density at radius 2 is 2.00 bits per heavy atom. The third-order valence-corrected chi connectivity index (χ3v) is 6.58. The number of aromatic nitrogens is 1. The molecule has 0 bridgehead atoms. The number of methoxy groups -OCH3 is 1. The number of halogens is 3. The van der Waals surface area contributed by atoms with Gasteiger partial charge >= 0.3 is 0 Å². The zero-order chi connectivity index (χ0) is 18.9. The van der Waals surface area contributed by atoms with E-state index in [-0.39, 0.29) is 25.8 Å². The highest BCUT2D eigenvalue weighted by Gasteiger charge is 2.21. The van der Waals surface area contributed by atoms with E-state index in [0.29, 0.717) is 11.3 Å². The lowest BCUT2D eigenvalue weighted by Crippen LogP contribution is -2.13. The van der Waals surface area contributed by atoms with Crippen LogP contribution in [0.1, 0.15) is 0 Å². The Hall–Kier alpha value is -1.87. The third kappa shape index (κ3) is 3.78. The van der Waals surface area contributed by atoms with Crippen molar-refractivity contribution in [3.8, 4) is 17.0 Å². The summed E-state index contributed by atoms with van der Waals surface area (Å²) in [6.07, 6.45) is 0. The van der Waals surface area contributed by atoms with Crippen molar-refractivity contribution in [2.24, 2.45) is 0 Å². The van der Waals surface area contributed by atoms with Crippen molar-refractivity contribution in [3.63, 3.8) is 0 Å². The van der Waals surface area contributed by atoms with Crippen molar-refractivity contribution in [3.05, 3.63) is 57.6 Å². The highest BCUT2D eigenvalue weighted by molar-refractivity contribution is 7.93. The summed E-state index contributed by atoms with van der Waals surface area (Å²) in [4.78, 5) is 4.03. The molecule has 1 heterocycles. The first kappa shape index (κ1) is 18.9. The molecule has 0 fully saturated rings. The van der Waals surface area contributed by atoms with Crippen molar-refractivity contribution in [1.82, 2.24) is 4.98 Å². The summed E-state index contributed by atoms with van der Waals surface area (Å²) in [5.41, 5.74) is 0.914. The first-order chi connectivity index (χ1) is 12.3. The number of hydrogen-bond acceptors (Lipinski definition) is 5. The van der Waals surface area contributed by atoms with Gasteiger partial charge in [-0.2, -0.15) is 0 Å². The summed E-state index contributed by atoms with van der Waals surface area (Å²) in [5.74, 6) is -0.425. The van der Waals surface area contributed by atoms with E-state index in [2.05, 4.69) is 9.71 Å². The Balaban J connectivity index is 1.88. The number of ether oxygens (including phenoxy) is 1. The standard InChI is InChI=1S/C16H11Cl2FN2O3S2/c1-24-13-6-5-9(7-11(13)19)12-8-25-16(20-12)21-26(22,23)14-4-2-3-10(17)15(14)18/h2-8H,1H3,(H,20,21). The van der Waals surface area contributed by atoms with Gasteiger partial charge in [0.1, 0.15) is 4.90 Å². The molecule has 0 aliphatic heterocycles. The number of nitrogens with zero attached hydrogens (tertiary/aromatic N) is 1. The summed E-state index contributed by atoms with van der Waals surface area (Å²) in [7, 11) is -2.60. The van der Waals surface area contributed by atoms with E-state index in [1.807, 2.05) is 0 Å². The minimum atomic E-state index is -3.97. The third-order valence-electron chi connectivity index (χ3n) is 3.38. The van der Waals surface area contributed by atoms with Gasteiger partial charge in [-0.05, 0) is 30.3 Å². The second kappa shape index (κ2) is 7.40. The highest BCUT2D eigenvalue weighted by Crippen LogP contribution is 2.32. The zero-order valence-electron chi connectivity index (χ0n) is 13.2. The first-order valence-corrected chi connectivity index (χ1v) is 10.2. The minimum absolute atomic E-state index is 0.0735. The van der Waals surface area contributed by atoms with Gasteiger partial charge in [0.05, 0.1) is 22.8 Å². The van der Waals surface area contributed by atoms with Crippen LogP contribution in [0.4, 0.5) is 9.52 Å². The van der Waals surface area contributed by atoms with Gasteiger partial charge in [-0.3, -0.25) is 4.72 Å². The molecule has 1 aromatic heterocycles. The number of benzene rings is 2. The molecule has 0 amide bonds. The van der Waals surface area contributed by atoms with Crippen LogP contribution in [0.15, 0.2) is 46.7 Å². The van der Waals surface area contributed by atoms with Crippen LogP contribution < -0.4 is 9.46 Å². The number of sulfonamides is 1. The van der Waals surface area contributed by atoms with Gasteiger partial charge in [0.2, 0.25) is 0 Å². The number of anilines is 1. The summed E-state index contributed by atoms with van der Waals surface area (Å²) in [6.45, 7) is 0. The number of rotatable bonds is 5. The van der Waals surface area contributed by atoms with E-state index in [1.54, 1.807) is 11.4 Å². The van der Waals surface area contributed by atoms with Gasteiger partial charge in [0.25, 0.3) is 10.0 Å². The van der Waals surface area contributed by atoms with E-state index in [1.165, 1.54) is 37.4 Å². The monoisotopic (exact) mass is 432 g/mol. The van der Waals surface area contributed by atoms with Crippen molar-refractivity contribution in [2.45, 2.75) is 4.90 Å². The molecule has 2 aromatic carbocycles. The van der Waals surface area contributed by atoms with Gasteiger partial charge in [0.15, 0.2) is 16.7 Å². The van der Waals surface area contributed by atoms with Crippen LogP contribution in [0.3, 0.4) is 0 Å². The molecule has 0 saturated carbocycles. The smallest absolute Gasteiger partial charge is 0.265 e. The minimum Gasteiger partial charge on any atom is -0.494 e. The molecular weight excluding hydrogens is 422 g/mol. The van der Waals surface area contributed by atoms with E-state index >= 15 is 0 Å². The van der Waals surface area contributed by atoms with Crippen molar-refractivity contribution in [2.75, 3.05) is 11.8 Å². The quantitative estimate of drug-likeness (QED) is 0.611. The molecule has 1 N–H and O–H groups in total. The number of thiazole rings is 1. The molecule has 26 heavy (non-hydrogen) atoms. The molecule has 0 unspecified atom stereocenters. The molecule has 0 spiro atoms. The molecular formula is C16H11Cl2FN2O3S2. The number of hydrogen-bond donors (Lipinski definition) is 1. The first-order valence-electron chi connectivity index (χ1n) is 7.08. The van der Waals surface area contributed by atoms with Crippen LogP contribution in [0.25, 0.3) is 11.3 Å². The van der Waals surface area contributed by atoms with Gasteiger partial charge < -0.3 is 4.74 Å². The Kier molecular flexibility index (Phi) is 5.38. The van der Waals surface area contributed by atoms with Crippen molar-refractivity contribution < 1.29 is 17.5 Å². The molecule has 136 valence electrons. The van der Waals surface area contributed by atoms with E-state index in [9.17, 15) is 12.8 Å². The maximum atomic E-state index is 13.8. The van der Waals surface area contributed by atoms with Crippen LogP contribution in [0, 0.1) is 5.82 Å². The largest absolute Gasteiger partial charge is 0.494 e. The summed E-state index contributed by atoms with van der Waals surface area (Å²) in [6, 6.07) is 8.67. The van der Waals surface area contributed by atoms with Crippen LogP contribution >= 0.6 is 34.5 Å². The van der Waals surface area contributed by atoms with E-state index in [4.69, 9.17) is 27.9 Å². The normalized spacial score (nSPS) is 11.4. The van der Waals surface area contributed by atoms with Crippen LogP contribution in [0.2, 0.25) is 10.0 Å². The Morgan fingerprint density at radius 1 is 1.23 bits per heavy atom. The second-order valence-electron chi connectivity index (χ2n) is 5.04. The predicted molar refractivity (Wildman–Crippen MR) is 101 cm³/mol. The van der Waals surface area contributed by atoms with E-state index < -0.39 is 15.8 Å². The van der Waals surface area contributed by atoms with Gasteiger partial charge in [-0.25, -0.2) is 17.8 Å². The van der Waals surface area contributed by atoms with Gasteiger partial charge in [-0.1, -0.05) is 29.3 Å².